The molecule has 0 amide bonds. The molecule has 1 heteroatoms. The van der Waals surface area contributed by atoms with Crippen LogP contribution in [0.15, 0.2) is 30.3 Å². The maximum absolute atomic E-state index is 6.14. The summed E-state index contributed by atoms with van der Waals surface area (Å²) >= 11 is 0. The number of hydrogen-bond donors (Lipinski definition) is 0. The van der Waals surface area contributed by atoms with Crippen LogP contribution in [-0.2, 0) is 11.2 Å². The first-order valence-corrected chi connectivity index (χ1v) is 5.73. The molecule has 82 valence electrons. The third kappa shape index (κ3) is 2.60. The van der Waals surface area contributed by atoms with Crippen LogP contribution in [0.2, 0.25) is 0 Å². The van der Waals surface area contributed by atoms with E-state index in [1.165, 1.54) is 5.56 Å². The molecule has 0 saturated carbocycles. The van der Waals surface area contributed by atoms with Gasteiger partial charge in [-0.1, -0.05) is 30.3 Å². The largest absolute Gasteiger partial charge is 0.369 e. The molecule has 0 bridgehead atoms. The summed E-state index contributed by atoms with van der Waals surface area (Å²) in [5, 5.41) is 0. The average molecular weight is 204 g/mol. The zero-order chi connectivity index (χ0) is 10.9. The molecule has 0 N–H and O–H groups in total. The summed E-state index contributed by atoms with van der Waals surface area (Å²) in [6.07, 6.45) is 3.35. The van der Waals surface area contributed by atoms with Crippen LogP contribution in [0.25, 0.3) is 0 Å². The van der Waals surface area contributed by atoms with Gasteiger partial charge < -0.3 is 4.74 Å². The van der Waals surface area contributed by atoms with Gasteiger partial charge in [0.2, 0.25) is 0 Å². The molecule has 0 unspecified atom stereocenters. The maximum atomic E-state index is 6.14. The second-order valence-electron chi connectivity index (χ2n) is 5.47. The summed E-state index contributed by atoms with van der Waals surface area (Å²) in [5.41, 5.74) is 1.46. The molecule has 0 spiro atoms. The first-order chi connectivity index (χ1) is 6.99. The van der Waals surface area contributed by atoms with Gasteiger partial charge in [0, 0.05) is 6.42 Å². The van der Waals surface area contributed by atoms with E-state index >= 15 is 0 Å². The van der Waals surface area contributed by atoms with Crippen molar-refractivity contribution in [1.82, 2.24) is 0 Å². The van der Waals surface area contributed by atoms with Crippen molar-refractivity contribution in [2.24, 2.45) is 0 Å². The van der Waals surface area contributed by atoms with E-state index in [0.29, 0.717) is 0 Å². The SMILES string of the molecule is CC1(C)CC[C@](C)(Cc2ccccc2)O1. The van der Waals surface area contributed by atoms with Gasteiger partial charge in [-0.2, -0.15) is 0 Å². The fourth-order valence-electron chi connectivity index (χ4n) is 2.49. The quantitative estimate of drug-likeness (QED) is 0.715. The Kier molecular flexibility index (Phi) is 2.59. The Morgan fingerprint density at radius 1 is 1.07 bits per heavy atom. The Labute approximate surface area is 92.5 Å². The van der Waals surface area contributed by atoms with Gasteiger partial charge in [0.15, 0.2) is 0 Å². The molecule has 2 rings (SSSR count). The van der Waals surface area contributed by atoms with Crippen LogP contribution in [0, 0.1) is 0 Å². The van der Waals surface area contributed by atoms with Crippen molar-refractivity contribution in [1.29, 1.82) is 0 Å². The summed E-state index contributed by atoms with van der Waals surface area (Å²) in [4.78, 5) is 0. The molecule has 0 aromatic heterocycles. The lowest BCUT2D eigenvalue weighted by molar-refractivity contribution is -0.0744. The lowest BCUT2D eigenvalue weighted by Crippen LogP contribution is -2.31. The van der Waals surface area contributed by atoms with E-state index in [2.05, 4.69) is 51.1 Å². The molecule has 1 heterocycles. The minimum Gasteiger partial charge on any atom is -0.369 e. The van der Waals surface area contributed by atoms with Gasteiger partial charge in [0.05, 0.1) is 11.2 Å². The molecule has 0 radical (unpaired) electrons. The van der Waals surface area contributed by atoms with Crippen LogP contribution >= 0.6 is 0 Å². The highest BCUT2D eigenvalue weighted by atomic mass is 16.5. The lowest BCUT2D eigenvalue weighted by Gasteiger charge is -2.28. The first kappa shape index (κ1) is 10.7. The Balaban J connectivity index is 2.07. The molecule has 0 aliphatic carbocycles. The molecule has 1 saturated heterocycles. The second-order valence-corrected chi connectivity index (χ2v) is 5.47. The lowest BCUT2D eigenvalue weighted by atomic mass is 9.92. The van der Waals surface area contributed by atoms with Crippen LogP contribution in [0.1, 0.15) is 39.2 Å². The summed E-state index contributed by atoms with van der Waals surface area (Å²) in [5.74, 6) is 0. The molecule has 1 aliphatic rings. The normalized spacial score (nSPS) is 29.3. The predicted octanol–water partition coefficient (Wildman–Crippen LogP) is 3.58. The fraction of sp³-hybridized carbons (Fsp3) is 0.571. The fourth-order valence-corrected chi connectivity index (χ4v) is 2.49. The van der Waals surface area contributed by atoms with Crippen LogP contribution in [0.4, 0.5) is 0 Å². The van der Waals surface area contributed by atoms with Crippen molar-refractivity contribution < 1.29 is 4.74 Å². The minimum atomic E-state index is 0.0326. The molecular weight excluding hydrogens is 184 g/mol. The van der Waals surface area contributed by atoms with Crippen molar-refractivity contribution in [3.05, 3.63) is 35.9 Å². The van der Waals surface area contributed by atoms with Crippen LogP contribution in [-0.4, -0.2) is 11.2 Å². The monoisotopic (exact) mass is 204 g/mol. The van der Waals surface area contributed by atoms with Gasteiger partial charge >= 0.3 is 0 Å². The molecule has 1 fully saturated rings. The van der Waals surface area contributed by atoms with Crippen molar-refractivity contribution in [2.75, 3.05) is 0 Å². The standard InChI is InChI=1S/C14H20O/c1-13(2)9-10-14(3,15-13)11-12-7-5-4-6-8-12/h4-8H,9-11H2,1-3H3/t14-/m1/s1. The summed E-state index contributed by atoms with van der Waals surface area (Å²) < 4.78 is 6.14. The Morgan fingerprint density at radius 2 is 1.73 bits per heavy atom. The summed E-state index contributed by atoms with van der Waals surface area (Å²) in [6, 6.07) is 10.6. The minimum absolute atomic E-state index is 0.0326. The van der Waals surface area contributed by atoms with E-state index in [0.717, 1.165) is 19.3 Å². The topological polar surface area (TPSA) is 9.23 Å². The zero-order valence-electron chi connectivity index (χ0n) is 9.92. The van der Waals surface area contributed by atoms with E-state index in [-0.39, 0.29) is 11.2 Å². The second kappa shape index (κ2) is 3.64. The van der Waals surface area contributed by atoms with E-state index in [1.54, 1.807) is 0 Å². The maximum Gasteiger partial charge on any atom is 0.0703 e. The third-order valence-electron chi connectivity index (χ3n) is 3.20. The van der Waals surface area contributed by atoms with Gasteiger partial charge in [-0.05, 0) is 39.2 Å². The van der Waals surface area contributed by atoms with Crippen molar-refractivity contribution in [3.8, 4) is 0 Å². The molecule has 1 nitrogen and oxygen atoms in total. The van der Waals surface area contributed by atoms with Crippen molar-refractivity contribution >= 4 is 0 Å². The first-order valence-electron chi connectivity index (χ1n) is 5.73. The number of benzene rings is 1. The molecule has 1 atom stereocenters. The van der Waals surface area contributed by atoms with Gasteiger partial charge in [0.25, 0.3) is 0 Å². The Morgan fingerprint density at radius 3 is 2.27 bits per heavy atom. The Bertz CT molecular complexity index is 328. The van der Waals surface area contributed by atoms with Crippen molar-refractivity contribution in [2.45, 2.75) is 51.2 Å². The van der Waals surface area contributed by atoms with Crippen LogP contribution in [0.3, 0.4) is 0 Å². The van der Waals surface area contributed by atoms with Crippen molar-refractivity contribution in [3.63, 3.8) is 0 Å². The van der Waals surface area contributed by atoms with E-state index < -0.39 is 0 Å². The predicted molar refractivity (Wildman–Crippen MR) is 62.9 cm³/mol. The number of hydrogen-bond acceptors (Lipinski definition) is 1. The summed E-state index contributed by atoms with van der Waals surface area (Å²) in [7, 11) is 0. The number of rotatable bonds is 2. The van der Waals surface area contributed by atoms with E-state index in [1.807, 2.05) is 0 Å². The van der Waals surface area contributed by atoms with Gasteiger partial charge in [0.1, 0.15) is 0 Å². The third-order valence-corrected chi connectivity index (χ3v) is 3.20. The van der Waals surface area contributed by atoms with Gasteiger partial charge in [-0.15, -0.1) is 0 Å². The van der Waals surface area contributed by atoms with E-state index in [9.17, 15) is 0 Å². The highest BCUT2D eigenvalue weighted by Gasteiger charge is 2.40. The number of ether oxygens (including phenoxy) is 1. The molecule has 1 aromatic rings. The zero-order valence-corrected chi connectivity index (χ0v) is 9.92. The van der Waals surface area contributed by atoms with Gasteiger partial charge in [-0.3, -0.25) is 0 Å². The highest BCUT2D eigenvalue weighted by Crippen LogP contribution is 2.39. The smallest absolute Gasteiger partial charge is 0.0703 e. The average Bonchev–Trinajstić information content (AvgIpc) is 2.42. The molecule has 15 heavy (non-hydrogen) atoms. The Hall–Kier alpha value is -0.820. The van der Waals surface area contributed by atoms with Crippen LogP contribution < -0.4 is 0 Å². The summed E-state index contributed by atoms with van der Waals surface area (Å²) in [6.45, 7) is 6.60. The molecule has 1 aromatic carbocycles. The highest BCUT2D eigenvalue weighted by molar-refractivity contribution is 5.17. The van der Waals surface area contributed by atoms with Crippen LogP contribution in [0.5, 0.6) is 0 Å². The van der Waals surface area contributed by atoms with Gasteiger partial charge in [-0.25, -0.2) is 0 Å². The van der Waals surface area contributed by atoms with E-state index in [4.69, 9.17) is 4.74 Å². The molecule has 1 aliphatic heterocycles. The molecular formula is C14H20O.